The van der Waals surface area contributed by atoms with Gasteiger partial charge in [0.1, 0.15) is 13.2 Å². The lowest BCUT2D eigenvalue weighted by Crippen LogP contribution is -2.30. The van der Waals surface area contributed by atoms with Crippen LogP contribution in [0.2, 0.25) is 0 Å². The molecule has 0 aromatic carbocycles. The van der Waals surface area contributed by atoms with Crippen molar-refractivity contribution in [1.82, 2.24) is 0 Å². The van der Waals surface area contributed by atoms with E-state index in [1.165, 1.54) is 167 Å². The molecule has 1 unspecified atom stereocenters. The Morgan fingerprint density at radius 1 is 0.290 bits per heavy atom. The molecule has 0 radical (unpaired) electrons. The van der Waals surface area contributed by atoms with E-state index < -0.39 is 6.10 Å². The molecule has 0 saturated heterocycles. The Kier molecular flexibility index (Phi) is 55.3. The summed E-state index contributed by atoms with van der Waals surface area (Å²) in [5, 5.41) is 0. The molecule has 0 aliphatic rings. The van der Waals surface area contributed by atoms with E-state index in [9.17, 15) is 14.4 Å². The van der Waals surface area contributed by atoms with Crippen LogP contribution < -0.4 is 0 Å². The molecule has 0 spiro atoms. The van der Waals surface area contributed by atoms with Gasteiger partial charge in [0.05, 0.1) is 0 Å². The summed E-state index contributed by atoms with van der Waals surface area (Å²) in [5.41, 5.74) is 0. The molecule has 0 aromatic heterocycles. The third-order valence-corrected chi connectivity index (χ3v) is 13.0. The van der Waals surface area contributed by atoms with Gasteiger partial charge < -0.3 is 14.2 Å². The summed E-state index contributed by atoms with van der Waals surface area (Å²) in [4.78, 5) is 38.1. The van der Waals surface area contributed by atoms with E-state index in [4.69, 9.17) is 14.2 Å². The molecule has 0 aliphatic heterocycles. The van der Waals surface area contributed by atoms with Crippen molar-refractivity contribution in [3.8, 4) is 0 Å². The molecule has 0 saturated carbocycles. The van der Waals surface area contributed by atoms with Gasteiger partial charge in [-0.15, -0.1) is 0 Å². The van der Waals surface area contributed by atoms with Crippen molar-refractivity contribution in [2.45, 2.75) is 309 Å². The van der Waals surface area contributed by atoms with Crippen molar-refractivity contribution in [1.29, 1.82) is 0 Å². The Hall–Kier alpha value is -2.89. The average Bonchev–Trinajstić information content (AvgIpc) is 3.35. The van der Waals surface area contributed by atoms with Crippen LogP contribution in [0.25, 0.3) is 0 Å². The number of carbonyl (C=O) groups is 3. The van der Waals surface area contributed by atoms with Crippen molar-refractivity contribution in [3.63, 3.8) is 0 Å². The van der Waals surface area contributed by atoms with Gasteiger partial charge in [0.2, 0.25) is 0 Å². The van der Waals surface area contributed by atoms with E-state index in [-0.39, 0.29) is 31.1 Å². The van der Waals surface area contributed by atoms with Crippen LogP contribution >= 0.6 is 0 Å². The average molecular weight is 966 g/mol. The smallest absolute Gasteiger partial charge is 0.306 e. The number of rotatable bonds is 54. The maximum absolute atomic E-state index is 12.8. The van der Waals surface area contributed by atoms with Gasteiger partial charge in [-0.3, -0.25) is 14.4 Å². The van der Waals surface area contributed by atoms with Gasteiger partial charge in [-0.25, -0.2) is 0 Å². The SMILES string of the molecule is CCCCC/C=C\CCCCCCCC(=O)OCC(COC(=O)CCCCCCCCCCCCC/C=C\C/C=C\CCCCCCC)OC(=O)CCCCCCC/C=C\C/C=C\CCCCCC. The van der Waals surface area contributed by atoms with Gasteiger partial charge in [-0.2, -0.15) is 0 Å². The number of unbranched alkanes of at least 4 members (excludes halogenated alkanes) is 33. The highest BCUT2D eigenvalue weighted by molar-refractivity contribution is 5.71. The molecule has 0 N–H and O–H groups in total. The molecular weight excluding hydrogens is 853 g/mol. The van der Waals surface area contributed by atoms with Gasteiger partial charge in [0.15, 0.2) is 6.10 Å². The maximum atomic E-state index is 12.8. The molecule has 69 heavy (non-hydrogen) atoms. The van der Waals surface area contributed by atoms with Crippen molar-refractivity contribution in [3.05, 3.63) is 60.8 Å². The van der Waals surface area contributed by atoms with Gasteiger partial charge >= 0.3 is 17.9 Å². The molecule has 0 fully saturated rings. The molecule has 400 valence electrons. The highest BCUT2D eigenvalue weighted by Crippen LogP contribution is 2.15. The van der Waals surface area contributed by atoms with Crippen molar-refractivity contribution >= 4 is 17.9 Å². The largest absolute Gasteiger partial charge is 0.462 e. The van der Waals surface area contributed by atoms with E-state index >= 15 is 0 Å². The first-order valence-electron chi connectivity index (χ1n) is 29.8. The lowest BCUT2D eigenvalue weighted by molar-refractivity contribution is -0.167. The van der Waals surface area contributed by atoms with E-state index in [0.717, 1.165) is 96.3 Å². The number of allylic oxidation sites excluding steroid dienone is 10. The van der Waals surface area contributed by atoms with Gasteiger partial charge in [0.25, 0.3) is 0 Å². The number of esters is 3. The highest BCUT2D eigenvalue weighted by Gasteiger charge is 2.19. The van der Waals surface area contributed by atoms with Crippen LogP contribution in [0, 0.1) is 0 Å². The molecular formula is C63H112O6. The molecule has 0 rings (SSSR count). The molecule has 0 aliphatic carbocycles. The summed E-state index contributed by atoms with van der Waals surface area (Å²) >= 11 is 0. The fraction of sp³-hybridized carbons (Fsp3) is 0.794. The maximum Gasteiger partial charge on any atom is 0.306 e. The van der Waals surface area contributed by atoms with E-state index in [0.29, 0.717) is 19.3 Å². The Morgan fingerprint density at radius 2 is 0.522 bits per heavy atom. The quantitative estimate of drug-likeness (QED) is 0.0262. The Labute approximate surface area is 428 Å². The van der Waals surface area contributed by atoms with Gasteiger partial charge in [0, 0.05) is 19.3 Å². The fourth-order valence-electron chi connectivity index (χ4n) is 8.44. The van der Waals surface area contributed by atoms with Crippen molar-refractivity contribution in [2.24, 2.45) is 0 Å². The molecule has 0 aromatic rings. The third kappa shape index (κ3) is 55.9. The molecule has 6 nitrogen and oxygen atoms in total. The van der Waals surface area contributed by atoms with E-state index in [1.807, 2.05) is 0 Å². The first-order chi connectivity index (χ1) is 34.0. The predicted molar refractivity (Wildman–Crippen MR) is 298 cm³/mol. The number of hydrogen-bond acceptors (Lipinski definition) is 6. The van der Waals surface area contributed by atoms with E-state index in [2.05, 4.69) is 81.5 Å². The Bertz CT molecular complexity index is 1250. The van der Waals surface area contributed by atoms with Crippen LogP contribution in [0.5, 0.6) is 0 Å². The molecule has 0 amide bonds. The summed E-state index contributed by atoms with van der Waals surface area (Å²) in [7, 11) is 0. The number of carbonyl (C=O) groups excluding carboxylic acids is 3. The highest BCUT2D eigenvalue weighted by atomic mass is 16.6. The second kappa shape index (κ2) is 57.7. The summed E-state index contributed by atoms with van der Waals surface area (Å²) in [6.45, 7) is 6.59. The number of hydrogen-bond donors (Lipinski definition) is 0. The summed E-state index contributed by atoms with van der Waals surface area (Å²) in [5.74, 6) is -0.897. The zero-order valence-electron chi connectivity index (χ0n) is 45.8. The van der Waals surface area contributed by atoms with Crippen LogP contribution in [-0.4, -0.2) is 37.2 Å². The fourth-order valence-corrected chi connectivity index (χ4v) is 8.44. The zero-order valence-corrected chi connectivity index (χ0v) is 45.8. The normalized spacial score (nSPS) is 12.4. The summed E-state index contributed by atoms with van der Waals surface area (Å²) < 4.78 is 16.9. The lowest BCUT2D eigenvalue weighted by atomic mass is 10.0. The van der Waals surface area contributed by atoms with Crippen LogP contribution in [0.4, 0.5) is 0 Å². The van der Waals surface area contributed by atoms with E-state index in [1.54, 1.807) is 0 Å². The minimum atomic E-state index is -0.785. The molecule has 6 heteroatoms. The molecule has 0 heterocycles. The van der Waals surface area contributed by atoms with Gasteiger partial charge in [-0.05, 0) is 109 Å². The third-order valence-electron chi connectivity index (χ3n) is 13.0. The predicted octanol–water partition coefficient (Wildman–Crippen LogP) is 20.0. The minimum absolute atomic E-state index is 0.0825. The Morgan fingerprint density at radius 3 is 0.855 bits per heavy atom. The Balaban J connectivity index is 4.31. The summed E-state index contributed by atoms with van der Waals surface area (Å²) in [6, 6.07) is 0. The van der Waals surface area contributed by atoms with Crippen LogP contribution in [-0.2, 0) is 28.6 Å². The second-order valence-electron chi connectivity index (χ2n) is 19.9. The number of ether oxygens (including phenoxy) is 3. The second-order valence-corrected chi connectivity index (χ2v) is 19.9. The molecule has 1 atom stereocenters. The van der Waals surface area contributed by atoms with Crippen LogP contribution in [0.3, 0.4) is 0 Å². The lowest BCUT2D eigenvalue weighted by Gasteiger charge is -2.18. The topological polar surface area (TPSA) is 78.9 Å². The van der Waals surface area contributed by atoms with Crippen LogP contribution in [0.15, 0.2) is 60.8 Å². The monoisotopic (exact) mass is 965 g/mol. The first-order valence-corrected chi connectivity index (χ1v) is 29.8. The first kappa shape index (κ1) is 66.1. The van der Waals surface area contributed by atoms with Gasteiger partial charge in [-0.1, -0.05) is 236 Å². The standard InChI is InChI=1S/C63H112O6/c1-4-7-10-13-16-19-22-25-27-29-30-31-32-33-34-35-37-38-41-44-47-50-53-56-62(65)68-59-60(58-67-61(64)55-52-49-46-43-40-24-21-18-15-12-9-6-3)69-63(66)57-54-51-48-45-42-39-36-28-26-23-20-17-14-11-8-5-2/h18,20-23,25,28-30,36,60H,4-17,19,24,26-27,31-35,37-59H2,1-3H3/b21-18-,23-20-,25-22-,30-29-,36-28-. The van der Waals surface area contributed by atoms with Crippen molar-refractivity contribution < 1.29 is 28.6 Å². The zero-order chi connectivity index (χ0) is 50.0. The van der Waals surface area contributed by atoms with Crippen LogP contribution in [0.1, 0.15) is 303 Å². The minimum Gasteiger partial charge on any atom is -0.462 e. The van der Waals surface area contributed by atoms with Crippen molar-refractivity contribution in [2.75, 3.05) is 13.2 Å². The summed E-state index contributed by atoms with van der Waals surface area (Å²) in [6.07, 6.45) is 72.1. The molecule has 0 bridgehead atoms.